The maximum atomic E-state index is 13.2. The number of rotatable bonds is 5. The van der Waals surface area contributed by atoms with Crippen molar-refractivity contribution in [2.75, 3.05) is 17.1 Å². The lowest BCUT2D eigenvalue weighted by molar-refractivity contribution is 0.295. The molecule has 1 rings (SSSR count). The van der Waals surface area contributed by atoms with Gasteiger partial charge >= 0.3 is 0 Å². The summed E-state index contributed by atoms with van der Waals surface area (Å²) in [7, 11) is -3.63. The molecule has 90 valence electrons. The van der Waals surface area contributed by atoms with Gasteiger partial charge < -0.3 is 5.11 Å². The van der Waals surface area contributed by atoms with Crippen molar-refractivity contribution in [1.29, 1.82) is 0 Å². The van der Waals surface area contributed by atoms with Gasteiger partial charge in [0.25, 0.3) is 0 Å². The van der Waals surface area contributed by atoms with Gasteiger partial charge in [0.1, 0.15) is 5.82 Å². The van der Waals surface area contributed by atoms with Gasteiger partial charge in [-0.3, -0.25) is 4.72 Å². The van der Waals surface area contributed by atoms with Crippen molar-refractivity contribution >= 4 is 27.3 Å². The molecule has 0 aliphatic carbocycles. The van der Waals surface area contributed by atoms with Crippen molar-refractivity contribution in [1.82, 2.24) is 0 Å². The zero-order valence-electron chi connectivity index (χ0n) is 8.28. The molecule has 1 aromatic carbocycles. The molecule has 0 heterocycles. The van der Waals surface area contributed by atoms with Crippen LogP contribution in [0.3, 0.4) is 0 Å². The number of anilines is 1. The minimum Gasteiger partial charge on any atom is -0.396 e. The molecule has 0 atom stereocenters. The third-order valence-corrected chi connectivity index (χ3v) is 3.36. The van der Waals surface area contributed by atoms with Crippen molar-refractivity contribution in [2.45, 2.75) is 6.42 Å². The second-order valence-corrected chi connectivity index (χ2v) is 5.40. The maximum absolute atomic E-state index is 13.2. The minimum atomic E-state index is -3.63. The third kappa shape index (κ3) is 3.96. The van der Waals surface area contributed by atoms with E-state index in [4.69, 9.17) is 16.7 Å². The van der Waals surface area contributed by atoms with Crippen molar-refractivity contribution in [3.05, 3.63) is 29.0 Å². The van der Waals surface area contributed by atoms with Crippen LogP contribution in [0.2, 0.25) is 5.02 Å². The van der Waals surface area contributed by atoms with Crippen LogP contribution in [0.4, 0.5) is 10.1 Å². The highest BCUT2D eigenvalue weighted by atomic mass is 35.5. The van der Waals surface area contributed by atoms with Crippen LogP contribution >= 0.6 is 11.6 Å². The molecule has 0 aliphatic heterocycles. The standard InChI is InChI=1S/C9H11ClFNO3S/c10-7-2-3-9(8(11)6-7)12-16(14,15)5-1-4-13/h2-3,6,12-13H,1,4-5H2. The largest absolute Gasteiger partial charge is 0.396 e. The molecular weight excluding hydrogens is 257 g/mol. The van der Waals surface area contributed by atoms with Crippen molar-refractivity contribution in [3.8, 4) is 0 Å². The highest BCUT2D eigenvalue weighted by molar-refractivity contribution is 7.92. The normalized spacial score (nSPS) is 11.4. The maximum Gasteiger partial charge on any atom is 0.232 e. The predicted molar refractivity (Wildman–Crippen MR) is 60.5 cm³/mol. The molecule has 0 spiro atoms. The lowest BCUT2D eigenvalue weighted by Crippen LogP contribution is -2.18. The lowest BCUT2D eigenvalue weighted by atomic mass is 10.3. The average molecular weight is 268 g/mol. The smallest absolute Gasteiger partial charge is 0.232 e. The number of hydrogen-bond acceptors (Lipinski definition) is 3. The van der Waals surface area contributed by atoms with E-state index < -0.39 is 15.8 Å². The Hall–Kier alpha value is -0.850. The fraction of sp³-hybridized carbons (Fsp3) is 0.333. The Morgan fingerprint density at radius 3 is 2.69 bits per heavy atom. The summed E-state index contributed by atoms with van der Waals surface area (Å²) in [5.41, 5.74) is -0.151. The van der Waals surface area contributed by atoms with Gasteiger partial charge in [0.2, 0.25) is 10.0 Å². The molecule has 16 heavy (non-hydrogen) atoms. The Bertz CT molecular complexity index is 464. The first-order valence-electron chi connectivity index (χ1n) is 4.51. The van der Waals surface area contributed by atoms with Crippen molar-refractivity contribution in [3.63, 3.8) is 0 Å². The van der Waals surface area contributed by atoms with Gasteiger partial charge in [-0.05, 0) is 24.6 Å². The van der Waals surface area contributed by atoms with E-state index in [-0.39, 0.29) is 29.5 Å². The third-order valence-electron chi connectivity index (χ3n) is 1.77. The summed E-state index contributed by atoms with van der Waals surface area (Å²) in [5, 5.41) is 8.69. The zero-order chi connectivity index (χ0) is 12.2. The van der Waals surface area contributed by atoms with Gasteiger partial charge in [0, 0.05) is 11.6 Å². The molecule has 0 aromatic heterocycles. The van der Waals surface area contributed by atoms with Crippen molar-refractivity contribution < 1.29 is 17.9 Å². The lowest BCUT2D eigenvalue weighted by Gasteiger charge is -2.08. The molecule has 4 nitrogen and oxygen atoms in total. The van der Waals surface area contributed by atoms with Crippen LogP contribution in [-0.2, 0) is 10.0 Å². The molecule has 0 amide bonds. The fourth-order valence-electron chi connectivity index (χ4n) is 1.05. The number of aliphatic hydroxyl groups is 1. The first-order valence-corrected chi connectivity index (χ1v) is 6.54. The van der Waals surface area contributed by atoms with E-state index in [2.05, 4.69) is 4.72 Å². The van der Waals surface area contributed by atoms with E-state index in [1.807, 2.05) is 0 Å². The highest BCUT2D eigenvalue weighted by Gasteiger charge is 2.12. The Kier molecular flexibility index (Phi) is 4.52. The van der Waals surface area contributed by atoms with Crippen LogP contribution in [0.5, 0.6) is 0 Å². The van der Waals surface area contributed by atoms with Crippen LogP contribution < -0.4 is 4.72 Å². The van der Waals surface area contributed by atoms with Gasteiger partial charge in [-0.2, -0.15) is 0 Å². The Morgan fingerprint density at radius 2 is 2.12 bits per heavy atom. The Morgan fingerprint density at radius 1 is 1.44 bits per heavy atom. The number of hydrogen-bond donors (Lipinski definition) is 2. The number of nitrogens with one attached hydrogen (secondary N) is 1. The van der Waals surface area contributed by atoms with Gasteiger partial charge in [-0.25, -0.2) is 12.8 Å². The van der Waals surface area contributed by atoms with Crippen LogP contribution in [0.1, 0.15) is 6.42 Å². The summed E-state index contributed by atoms with van der Waals surface area (Å²) in [6, 6.07) is 3.65. The molecule has 7 heteroatoms. The van der Waals surface area contributed by atoms with Crippen molar-refractivity contribution in [2.24, 2.45) is 0 Å². The summed E-state index contributed by atoms with van der Waals surface area (Å²) in [5.74, 6) is -0.994. The first kappa shape index (κ1) is 13.2. The minimum absolute atomic E-state index is 0.102. The highest BCUT2D eigenvalue weighted by Crippen LogP contribution is 2.19. The van der Waals surface area contributed by atoms with Gasteiger partial charge in [0.15, 0.2) is 0 Å². The molecule has 0 saturated carbocycles. The molecule has 0 radical (unpaired) electrons. The molecule has 0 unspecified atom stereocenters. The molecule has 0 aliphatic rings. The summed E-state index contributed by atoms with van der Waals surface area (Å²) >= 11 is 5.52. The zero-order valence-corrected chi connectivity index (χ0v) is 9.85. The van der Waals surface area contributed by atoms with E-state index in [0.29, 0.717) is 0 Å². The first-order chi connectivity index (χ1) is 7.44. The number of aliphatic hydroxyl groups excluding tert-OH is 1. The molecule has 0 fully saturated rings. The summed E-state index contributed by atoms with van der Waals surface area (Å²) in [6.07, 6.45) is 0.102. The molecule has 0 saturated heterocycles. The van der Waals surface area contributed by atoms with E-state index in [1.54, 1.807) is 0 Å². The number of halogens is 2. The van der Waals surface area contributed by atoms with Crippen LogP contribution in [0.15, 0.2) is 18.2 Å². The summed E-state index contributed by atoms with van der Waals surface area (Å²) in [6.45, 7) is -0.232. The van der Waals surface area contributed by atoms with Crippen LogP contribution in [0.25, 0.3) is 0 Å². The predicted octanol–water partition coefficient (Wildman–Crippen LogP) is 1.60. The van der Waals surface area contributed by atoms with Crippen LogP contribution in [-0.4, -0.2) is 25.9 Å². The van der Waals surface area contributed by atoms with Crippen LogP contribution in [0, 0.1) is 5.82 Å². The quantitative estimate of drug-likeness (QED) is 0.852. The topological polar surface area (TPSA) is 66.4 Å². The molecular formula is C9H11ClFNO3S. The number of benzene rings is 1. The van der Waals surface area contributed by atoms with Gasteiger partial charge in [-0.15, -0.1) is 0 Å². The summed E-state index contributed by atoms with van der Waals surface area (Å²) < 4.78 is 38.1. The van der Waals surface area contributed by atoms with E-state index >= 15 is 0 Å². The second kappa shape index (κ2) is 5.47. The summed E-state index contributed by atoms with van der Waals surface area (Å²) in [4.78, 5) is 0. The fourth-order valence-corrected chi connectivity index (χ4v) is 2.32. The Labute approximate surface area is 98.1 Å². The van der Waals surface area contributed by atoms with E-state index in [1.165, 1.54) is 12.1 Å². The average Bonchev–Trinajstić information content (AvgIpc) is 2.19. The van der Waals surface area contributed by atoms with Gasteiger partial charge in [-0.1, -0.05) is 11.6 Å². The van der Waals surface area contributed by atoms with Gasteiger partial charge in [0.05, 0.1) is 11.4 Å². The number of sulfonamides is 1. The van der Waals surface area contributed by atoms with E-state index in [9.17, 15) is 12.8 Å². The monoisotopic (exact) mass is 267 g/mol. The Balaban J connectivity index is 2.80. The second-order valence-electron chi connectivity index (χ2n) is 3.12. The molecule has 1 aromatic rings. The SMILES string of the molecule is O=S(=O)(CCCO)Nc1ccc(Cl)cc1F. The molecule has 0 bridgehead atoms. The molecule has 2 N–H and O–H groups in total. The van der Waals surface area contributed by atoms with E-state index in [0.717, 1.165) is 6.07 Å².